The van der Waals surface area contributed by atoms with Gasteiger partial charge in [0.05, 0.1) is 5.69 Å². The fraction of sp³-hybridized carbons (Fsp3) is 0.750. The predicted molar refractivity (Wildman–Crippen MR) is 70.7 cm³/mol. The van der Waals surface area contributed by atoms with Crippen LogP contribution in [0.2, 0.25) is 0 Å². The molecular formula is C12H22N2O2S. The van der Waals surface area contributed by atoms with Crippen LogP contribution in [0.4, 0.5) is 0 Å². The Morgan fingerprint density at radius 2 is 2.18 bits per heavy atom. The molecule has 0 saturated heterocycles. The van der Waals surface area contributed by atoms with Crippen LogP contribution in [0.1, 0.15) is 24.8 Å². The summed E-state index contributed by atoms with van der Waals surface area (Å²) < 4.78 is 10.7. The van der Waals surface area contributed by atoms with Gasteiger partial charge in [0.25, 0.3) is 5.22 Å². The third-order valence-corrected chi connectivity index (χ3v) is 3.19. The van der Waals surface area contributed by atoms with E-state index in [2.05, 4.69) is 10.3 Å². The molecule has 4 nitrogen and oxygen atoms in total. The Morgan fingerprint density at radius 1 is 1.35 bits per heavy atom. The molecule has 1 rings (SSSR count). The second-order valence-corrected chi connectivity index (χ2v) is 4.82. The monoisotopic (exact) mass is 258 g/mol. The van der Waals surface area contributed by atoms with Crippen molar-refractivity contribution in [3.63, 3.8) is 0 Å². The van der Waals surface area contributed by atoms with E-state index in [1.165, 1.54) is 0 Å². The van der Waals surface area contributed by atoms with Crippen LogP contribution in [-0.4, -0.2) is 37.0 Å². The molecule has 0 atom stereocenters. The zero-order valence-electron chi connectivity index (χ0n) is 10.9. The summed E-state index contributed by atoms with van der Waals surface area (Å²) in [5.74, 6) is 1.89. The standard InChI is InChI=1S/C12H22N2O2S/c1-4-15-8-5-6-13-7-9-17-12-14-10(2)11(3)16-12/h13H,4-9H2,1-3H3. The van der Waals surface area contributed by atoms with Crippen LogP contribution in [0.25, 0.3) is 0 Å². The third-order valence-electron chi connectivity index (χ3n) is 2.36. The number of nitrogens with zero attached hydrogens (tertiary/aromatic N) is 1. The van der Waals surface area contributed by atoms with E-state index in [-0.39, 0.29) is 0 Å². The highest BCUT2D eigenvalue weighted by Gasteiger charge is 2.04. The number of oxazole rings is 1. The van der Waals surface area contributed by atoms with Crippen molar-refractivity contribution >= 4 is 11.8 Å². The van der Waals surface area contributed by atoms with Gasteiger partial charge in [-0.1, -0.05) is 11.8 Å². The van der Waals surface area contributed by atoms with Crippen molar-refractivity contribution in [1.29, 1.82) is 0 Å². The van der Waals surface area contributed by atoms with Gasteiger partial charge in [0.2, 0.25) is 0 Å². The molecule has 0 unspecified atom stereocenters. The minimum atomic E-state index is 0.774. The van der Waals surface area contributed by atoms with E-state index >= 15 is 0 Å². The summed E-state index contributed by atoms with van der Waals surface area (Å²) in [5, 5.41) is 4.14. The first-order valence-corrected chi connectivity index (χ1v) is 7.08. The first-order valence-electron chi connectivity index (χ1n) is 6.09. The Labute approximate surface area is 108 Å². The minimum Gasteiger partial charge on any atom is -0.437 e. The number of hydrogen-bond acceptors (Lipinski definition) is 5. The summed E-state index contributed by atoms with van der Waals surface area (Å²) in [7, 11) is 0. The summed E-state index contributed by atoms with van der Waals surface area (Å²) in [6.07, 6.45) is 1.07. The van der Waals surface area contributed by atoms with Crippen LogP contribution in [0.3, 0.4) is 0 Å². The van der Waals surface area contributed by atoms with Crippen molar-refractivity contribution in [2.24, 2.45) is 0 Å². The Morgan fingerprint density at radius 3 is 2.82 bits per heavy atom. The molecule has 0 amide bonds. The fourth-order valence-corrected chi connectivity index (χ4v) is 2.09. The lowest BCUT2D eigenvalue weighted by molar-refractivity contribution is 0.145. The zero-order chi connectivity index (χ0) is 12.5. The molecule has 1 aromatic heterocycles. The topological polar surface area (TPSA) is 47.3 Å². The van der Waals surface area contributed by atoms with Gasteiger partial charge >= 0.3 is 0 Å². The van der Waals surface area contributed by atoms with Gasteiger partial charge < -0.3 is 14.5 Å². The van der Waals surface area contributed by atoms with E-state index in [0.717, 1.165) is 55.2 Å². The van der Waals surface area contributed by atoms with E-state index in [0.29, 0.717) is 0 Å². The molecule has 0 spiro atoms. The molecule has 1 heterocycles. The number of rotatable bonds is 9. The van der Waals surface area contributed by atoms with Gasteiger partial charge in [-0.3, -0.25) is 0 Å². The molecule has 98 valence electrons. The van der Waals surface area contributed by atoms with Crippen molar-refractivity contribution < 1.29 is 9.15 Å². The second kappa shape index (κ2) is 8.55. The number of aromatic nitrogens is 1. The molecule has 0 aromatic carbocycles. The van der Waals surface area contributed by atoms with Gasteiger partial charge in [0.15, 0.2) is 0 Å². The summed E-state index contributed by atoms with van der Waals surface area (Å²) in [6, 6.07) is 0. The Balaban J connectivity index is 1.97. The van der Waals surface area contributed by atoms with Gasteiger partial charge in [0, 0.05) is 25.5 Å². The first kappa shape index (κ1) is 14.5. The van der Waals surface area contributed by atoms with Crippen molar-refractivity contribution in [3.8, 4) is 0 Å². The average Bonchev–Trinajstić information content (AvgIpc) is 2.62. The number of thioether (sulfide) groups is 1. The van der Waals surface area contributed by atoms with Crippen LogP contribution < -0.4 is 5.32 Å². The fourth-order valence-electron chi connectivity index (χ4n) is 1.28. The quantitative estimate of drug-likeness (QED) is 0.544. The van der Waals surface area contributed by atoms with Crippen LogP contribution in [0.5, 0.6) is 0 Å². The number of hydrogen-bond donors (Lipinski definition) is 1. The van der Waals surface area contributed by atoms with Crippen LogP contribution >= 0.6 is 11.8 Å². The maximum atomic E-state index is 5.48. The Hall–Kier alpha value is -0.520. The van der Waals surface area contributed by atoms with Crippen molar-refractivity contribution in [2.75, 3.05) is 32.1 Å². The predicted octanol–water partition coefficient (Wildman–Crippen LogP) is 2.40. The molecule has 0 fully saturated rings. The molecule has 5 heteroatoms. The largest absolute Gasteiger partial charge is 0.437 e. The van der Waals surface area contributed by atoms with Gasteiger partial charge in [-0.15, -0.1) is 0 Å². The molecular weight excluding hydrogens is 236 g/mol. The lowest BCUT2D eigenvalue weighted by Gasteiger charge is -2.03. The SMILES string of the molecule is CCOCCCNCCSc1nc(C)c(C)o1. The van der Waals surface area contributed by atoms with Gasteiger partial charge in [-0.25, -0.2) is 4.98 Å². The van der Waals surface area contributed by atoms with Crippen molar-refractivity contribution in [1.82, 2.24) is 10.3 Å². The van der Waals surface area contributed by atoms with Crippen LogP contribution in [0.15, 0.2) is 9.64 Å². The molecule has 0 bridgehead atoms. The van der Waals surface area contributed by atoms with Crippen molar-refractivity contribution in [2.45, 2.75) is 32.4 Å². The van der Waals surface area contributed by atoms with E-state index < -0.39 is 0 Å². The second-order valence-electron chi connectivity index (χ2n) is 3.77. The number of aryl methyl sites for hydroxylation is 2. The number of nitrogens with one attached hydrogen (secondary N) is 1. The normalized spacial score (nSPS) is 11.0. The summed E-state index contributed by atoms with van der Waals surface area (Å²) in [5.41, 5.74) is 0.983. The van der Waals surface area contributed by atoms with Gasteiger partial charge in [0.1, 0.15) is 5.76 Å². The van der Waals surface area contributed by atoms with Crippen molar-refractivity contribution in [3.05, 3.63) is 11.5 Å². The minimum absolute atomic E-state index is 0.774. The maximum Gasteiger partial charge on any atom is 0.256 e. The summed E-state index contributed by atoms with van der Waals surface area (Å²) in [6.45, 7) is 9.55. The highest BCUT2D eigenvalue weighted by Crippen LogP contribution is 2.19. The van der Waals surface area contributed by atoms with E-state index in [4.69, 9.17) is 9.15 Å². The van der Waals surface area contributed by atoms with Gasteiger partial charge in [-0.2, -0.15) is 0 Å². The molecule has 0 saturated carbocycles. The maximum absolute atomic E-state index is 5.48. The van der Waals surface area contributed by atoms with E-state index in [9.17, 15) is 0 Å². The van der Waals surface area contributed by atoms with Crippen LogP contribution in [0, 0.1) is 13.8 Å². The van der Waals surface area contributed by atoms with Gasteiger partial charge in [-0.05, 0) is 33.7 Å². The third kappa shape index (κ3) is 6.10. The molecule has 0 radical (unpaired) electrons. The smallest absolute Gasteiger partial charge is 0.256 e. The average molecular weight is 258 g/mol. The molecule has 1 aromatic rings. The highest BCUT2D eigenvalue weighted by molar-refractivity contribution is 7.99. The molecule has 17 heavy (non-hydrogen) atoms. The molecule has 0 aliphatic carbocycles. The molecule has 1 N–H and O–H groups in total. The highest BCUT2D eigenvalue weighted by atomic mass is 32.2. The van der Waals surface area contributed by atoms with Crippen LogP contribution in [-0.2, 0) is 4.74 Å². The molecule has 0 aliphatic heterocycles. The first-order chi connectivity index (χ1) is 8.24. The van der Waals surface area contributed by atoms with E-state index in [1.807, 2.05) is 20.8 Å². The molecule has 0 aliphatic rings. The summed E-state index contributed by atoms with van der Waals surface area (Å²) in [4.78, 5) is 4.32. The van der Waals surface area contributed by atoms with E-state index in [1.54, 1.807) is 11.8 Å². The lowest BCUT2D eigenvalue weighted by atomic mass is 10.4. The number of ether oxygens (including phenoxy) is 1. The lowest BCUT2D eigenvalue weighted by Crippen LogP contribution is -2.19. The Kier molecular flexibility index (Phi) is 7.32. The zero-order valence-corrected chi connectivity index (χ0v) is 11.7. The Bertz CT molecular complexity index is 296. The summed E-state index contributed by atoms with van der Waals surface area (Å²) >= 11 is 1.65.